The lowest BCUT2D eigenvalue weighted by Gasteiger charge is -2.14. The third-order valence-electron chi connectivity index (χ3n) is 4.94. The predicted molar refractivity (Wildman–Crippen MR) is 113 cm³/mol. The summed E-state index contributed by atoms with van der Waals surface area (Å²) in [6.07, 6.45) is 0.368. The maximum absolute atomic E-state index is 13.2. The Kier molecular flexibility index (Phi) is 6.77. The van der Waals surface area contributed by atoms with Crippen molar-refractivity contribution >= 4 is 28.5 Å². The molecule has 3 rings (SSSR count). The van der Waals surface area contributed by atoms with E-state index < -0.39 is 11.4 Å². The molecule has 0 radical (unpaired) electrons. The molecule has 1 aromatic heterocycles. The number of benzene rings is 2. The Hall–Kier alpha value is -2.86. The lowest BCUT2D eigenvalue weighted by atomic mass is 10.0. The van der Waals surface area contributed by atoms with Crippen molar-refractivity contribution in [3.8, 4) is 5.75 Å². The maximum Gasteiger partial charge on any atom is 0.339 e. The van der Waals surface area contributed by atoms with Crippen LogP contribution in [0.3, 0.4) is 0 Å². The summed E-state index contributed by atoms with van der Waals surface area (Å²) >= 11 is 6.05. The van der Waals surface area contributed by atoms with Crippen molar-refractivity contribution in [2.24, 2.45) is 0 Å². The van der Waals surface area contributed by atoms with Crippen LogP contribution in [0.2, 0.25) is 5.02 Å². The van der Waals surface area contributed by atoms with Crippen LogP contribution in [0, 0.1) is 19.7 Å². The van der Waals surface area contributed by atoms with E-state index in [1.54, 1.807) is 26.0 Å². The zero-order chi connectivity index (χ0) is 21.8. The monoisotopic (exact) mass is 432 g/mol. The Morgan fingerprint density at radius 2 is 1.93 bits per heavy atom. The van der Waals surface area contributed by atoms with Crippen molar-refractivity contribution in [1.29, 1.82) is 0 Å². The summed E-state index contributed by atoms with van der Waals surface area (Å²) in [4.78, 5) is 24.2. The van der Waals surface area contributed by atoms with Gasteiger partial charge < -0.3 is 13.9 Å². The molecule has 0 amide bonds. The van der Waals surface area contributed by atoms with Crippen LogP contribution in [0.5, 0.6) is 5.75 Å². The van der Waals surface area contributed by atoms with Crippen molar-refractivity contribution in [2.45, 2.75) is 40.2 Å². The number of esters is 1. The number of carbonyl (C=O) groups is 1. The highest BCUT2D eigenvalue weighted by Gasteiger charge is 2.17. The van der Waals surface area contributed by atoms with Crippen LogP contribution < -0.4 is 10.4 Å². The zero-order valence-electron chi connectivity index (χ0n) is 17.0. The number of rotatable bonds is 7. The van der Waals surface area contributed by atoms with Gasteiger partial charge in [0, 0.05) is 28.5 Å². The topological polar surface area (TPSA) is 65.7 Å². The maximum atomic E-state index is 13.2. The summed E-state index contributed by atoms with van der Waals surface area (Å²) in [7, 11) is 0. The molecule has 0 unspecified atom stereocenters. The van der Waals surface area contributed by atoms with E-state index in [4.69, 9.17) is 25.5 Å². The first kappa shape index (κ1) is 21.8. The van der Waals surface area contributed by atoms with E-state index in [2.05, 4.69) is 0 Å². The Bertz CT molecular complexity index is 1150. The van der Waals surface area contributed by atoms with Gasteiger partial charge in [0.2, 0.25) is 0 Å². The fourth-order valence-corrected chi connectivity index (χ4v) is 3.49. The molecule has 1 heterocycles. The molecule has 2 aromatic carbocycles. The molecule has 0 atom stereocenters. The number of hydrogen-bond donors (Lipinski definition) is 0. The van der Waals surface area contributed by atoms with Gasteiger partial charge in [-0.05, 0) is 57.0 Å². The van der Waals surface area contributed by atoms with E-state index in [1.165, 1.54) is 12.1 Å². The highest BCUT2D eigenvalue weighted by molar-refractivity contribution is 6.31. The summed E-state index contributed by atoms with van der Waals surface area (Å²) in [6.45, 7) is 5.81. The first-order valence-electron chi connectivity index (χ1n) is 9.60. The van der Waals surface area contributed by atoms with Crippen molar-refractivity contribution in [1.82, 2.24) is 0 Å². The molecular formula is C23H22ClFO5. The van der Waals surface area contributed by atoms with Crippen LogP contribution >= 0.6 is 11.6 Å². The van der Waals surface area contributed by atoms with Gasteiger partial charge >= 0.3 is 11.6 Å². The number of fused-ring (bicyclic) bond motifs is 1. The Morgan fingerprint density at radius 3 is 2.63 bits per heavy atom. The third kappa shape index (κ3) is 4.65. The zero-order valence-corrected chi connectivity index (χ0v) is 17.8. The van der Waals surface area contributed by atoms with Gasteiger partial charge in [-0.15, -0.1) is 0 Å². The lowest BCUT2D eigenvalue weighted by Crippen LogP contribution is -2.14. The number of halogens is 2. The molecule has 158 valence electrons. The minimum atomic E-state index is -0.480. The first-order valence-corrected chi connectivity index (χ1v) is 9.97. The van der Waals surface area contributed by atoms with Gasteiger partial charge in [0.05, 0.1) is 11.6 Å². The van der Waals surface area contributed by atoms with E-state index >= 15 is 0 Å². The van der Waals surface area contributed by atoms with E-state index in [-0.39, 0.29) is 30.4 Å². The fourth-order valence-electron chi connectivity index (χ4n) is 3.27. The average molecular weight is 433 g/mol. The molecule has 3 aromatic rings. The van der Waals surface area contributed by atoms with Crippen LogP contribution in [0.15, 0.2) is 39.5 Å². The van der Waals surface area contributed by atoms with Crippen LogP contribution in [-0.4, -0.2) is 12.6 Å². The predicted octanol–water partition coefficient (Wildman–Crippen LogP) is 5.28. The van der Waals surface area contributed by atoms with Crippen LogP contribution in [0.1, 0.15) is 35.6 Å². The Balaban J connectivity index is 1.87. The van der Waals surface area contributed by atoms with Gasteiger partial charge in [0.15, 0.2) is 0 Å². The number of aryl methyl sites for hydroxylation is 2. The molecule has 0 aliphatic heterocycles. The smallest absolute Gasteiger partial charge is 0.339 e. The second-order valence-electron chi connectivity index (χ2n) is 6.89. The van der Waals surface area contributed by atoms with Crippen LogP contribution in [0.4, 0.5) is 4.39 Å². The van der Waals surface area contributed by atoms with E-state index in [1.807, 2.05) is 13.0 Å². The fraction of sp³-hybridized carbons (Fsp3) is 0.304. The normalized spacial score (nSPS) is 11.0. The molecule has 7 heteroatoms. The summed E-state index contributed by atoms with van der Waals surface area (Å²) in [5.41, 5.74) is 2.49. The molecule has 0 bridgehead atoms. The van der Waals surface area contributed by atoms with Crippen molar-refractivity contribution in [2.75, 3.05) is 6.61 Å². The average Bonchev–Trinajstić information content (AvgIpc) is 2.69. The van der Waals surface area contributed by atoms with Gasteiger partial charge in [-0.1, -0.05) is 17.7 Å². The van der Waals surface area contributed by atoms with Gasteiger partial charge in [0.25, 0.3) is 0 Å². The van der Waals surface area contributed by atoms with Crippen LogP contribution in [-0.2, 0) is 22.6 Å². The summed E-state index contributed by atoms with van der Waals surface area (Å²) in [6, 6.07) is 7.72. The molecule has 0 saturated carbocycles. The largest absolute Gasteiger partial charge is 0.488 e. The lowest BCUT2D eigenvalue weighted by molar-refractivity contribution is -0.143. The molecule has 0 aliphatic rings. The third-order valence-corrected chi connectivity index (χ3v) is 5.29. The molecule has 0 N–H and O–H groups in total. The molecule has 0 spiro atoms. The second-order valence-corrected chi connectivity index (χ2v) is 7.30. The molecule has 0 fully saturated rings. The minimum Gasteiger partial charge on any atom is -0.488 e. The van der Waals surface area contributed by atoms with E-state index in [9.17, 15) is 14.0 Å². The first-order chi connectivity index (χ1) is 14.3. The quantitative estimate of drug-likeness (QED) is 0.375. The number of ether oxygens (including phenoxy) is 2. The minimum absolute atomic E-state index is 0.115. The van der Waals surface area contributed by atoms with Gasteiger partial charge in [-0.2, -0.15) is 0 Å². The summed E-state index contributed by atoms with van der Waals surface area (Å²) in [5, 5.41) is 1.06. The van der Waals surface area contributed by atoms with Crippen molar-refractivity contribution in [3.05, 3.63) is 73.8 Å². The van der Waals surface area contributed by atoms with Gasteiger partial charge in [-0.25, -0.2) is 9.18 Å². The van der Waals surface area contributed by atoms with E-state index in [0.717, 1.165) is 10.9 Å². The molecular weight excluding hydrogens is 411 g/mol. The molecule has 0 saturated heterocycles. The van der Waals surface area contributed by atoms with Crippen molar-refractivity contribution in [3.63, 3.8) is 0 Å². The Labute approximate surface area is 178 Å². The second kappa shape index (κ2) is 9.30. The van der Waals surface area contributed by atoms with Crippen molar-refractivity contribution < 1.29 is 23.1 Å². The summed E-state index contributed by atoms with van der Waals surface area (Å²) < 4.78 is 29.5. The summed E-state index contributed by atoms with van der Waals surface area (Å²) in [5.74, 6) is -0.234. The van der Waals surface area contributed by atoms with Gasteiger partial charge in [0.1, 0.15) is 23.8 Å². The highest BCUT2D eigenvalue weighted by atomic mass is 35.5. The Morgan fingerprint density at radius 1 is 1.17 bits per heavy atom. The number of carbonyl (C=O) groups excluding carboxylic acids is 1. The standard InChI is InChI=1S/C23H22ClFO5/c1-4-28-21(26)10-8-18-13(2)17-7-9-20(14(3)22(17)30-23(18)27)29-12-15-5-6-16(25)11-19(15)24/h5-7,9,11H,4,8,10,12H2,1-3H3. The molecule has 0 aliphatic carbocycles. The molecule has 30 heavy (non-hydrogen) atoms. The highest BCUT2D eigenvalue weighted by Crippen LogP contribution is 2.30. The van der Waals surface area contributed by atoms with Crippen LogP contribution in [0.25, 0.3) is 11.0 Å². The van der Waals surface area contributed by atoms with Gasteiger partial charge in [-0.3, -0.25) is 4.79 Å². The number of hydrogen-bond acceptors (Lipinski definition) is 5. The van der Waals surface area contributed by atoms with E-state index in [0.29, 0.717) is 34.6 Å². The molecule has 5 nitrogen and oxygen atoms in total. The SMILES string of the molecule is CCOC(=O)CCc1c(C)c2ccc(OCc3ccc(F)cc3Cl)c(C)c2oc1=O.